The standard InChI is InChI=1S/C13H12O3S/c1-16-10-4-2-3-9(7-10)12-6-5-11(17-12)8-13(14)15/h2-7H,8H2,1H3,(H,14,15). The number of rotatable bonds is 4. The molecule has 1 N–H and O–H groups in total. The minimum Gasteiger partial charge on any atom is -0.497 e. The molecule has 2 aromatic rings. The van der Waals surface area contributed by atoms with Crippen LogP contribution >= 0.6 is 11.3 Å². The van der Waals surface area contributed by atoms with E-state index in [9.17, 15) is 4.79 Å². The van der Waals surface area contributed by atoms with Crippen molar-refractivity contribution in [1.29, 1.82) is 0 Å². The minimum atomic E-state index is -0.802. The summed E-state index contributed by atoms with van der Waals surface area (Å²) < 4.78 is 5.16. The van der Waals surface area contributed by atoms with Crippen LogP contribution in [0.15, 0.2) is 36.4 Å². The number of hydrogen-bond acceptors (Lipinski definition) is 3. The van der Waals surface area contributed by atoms with Crippen LogP contribution < -0.4 is 4.74 Å². The highest BCUT2D eigenvalue weighted by Crippen LogP contribution is 2.30. The fourth-order valence-corrected chi connectivity index (χ4v) is 2.55. The number of carboxylic acid groups (broad SMARTS) is 1. The summed E-state index contributed by atoms with van der Waals surface area (Å²) in [7, 11) is 1.63. The van der Waals surface area contributed by atoms with Gasteiger partial charge in [-0.1, -0.05) is 12.1 Å². The van der Waals surface area contributed by atoms with Crippen molar-refractivity contribution in [2.45, 2.75) is 6.42 Å². The van der Waals surface area contributed by atoms with Gasteiger partial charge < -0.3 is 9.84 Å². The topological polar surface area (TPSA) is 46.5 Å². The zero-order valence-corrected chi connectivity index (χ0v) is 10.2. The molecule has 1 heterocycles. The van der Waals surface area contributed by atoms with Gasteiger partial charge in [-0.25, -0.2) is 0 Å². The molecule has 0 aliphatic heterocycles. The summed E-state index contributed by atoms with van der Waals surface area (Å²) >= 11 is 1.50. The van der Waals surface area contributed by atoms with Gasteiger partial charge in [0.1, 0.15) is 5.75 Å². The molecular weight excluding hydrogens is 236 g/mol. The second-order valence-corrected chi connectivity index (χ2v) is 4.74. The maximum absolute atomic E-state index is 10.6. The molecule has 0 aliphatic carbocycles. The van der Waals surface area contributed by atoms with Crippen molar-refractivity contribution in [3.8, 4) is 16.2 Å². The average molecular weight is 248 g/mol. The van der Waals surface area contributed by atoms with Gasteiger partial charge in [0.15, 0.2) is 0 Å². The molecule has 1 aromatic carbocycles. The summed E-state index contributed by atoms with van der Waals surface area (Å²) in [5.74, 6) is -0.000253. The number of hydrogen-bond donors (Lipinski definition) is 1. The second kappa shape index (κ2) is 5.01. The molecule has 0 fully saturated rings. The summed E-state index contributed by atoms with van der Waals surface area (Å²) in [6, 6.07) is 11.5. The van der Waals surface area contributed by atoms with E-state index in [1.54, 1.807) is 7.11 Å². The summed E-state index contributed by atoms with van der Waals surface area (Å²) in [5.41, 5.74) is 1.05. The quantitative estimate of drug-likeness (QED) is 0.904. The molecule has 0 amide bonds. The SMILES string of the molecule is COc1cccc(-c2ccc(CC(=O)O)s2)c1. The third-order valence-electron chi connectivity index (χ3n) is 2.34. The number of ether oxygens (including phenoxy) is 1. The number of carbonyl (C=O) groups is 1. The summed E-state index contributed by atoms with van der Waals surface area (Å²) in [6.07, 6.45) is 0.0780. The Morgan fingerprint density at radius 1 is 1.35 bits per heavy atom. The van der Waals surface area contributed by atoms with Crippen LogP contribution in [0, 0.1) is 0 Å². The first-order valence-electron chi connectivity index (χ1n) is 5.14. The highest BCUT2D eigenvalue weighted by Gasteiger charge is 2.06. The summed E-state index contributed by atoms with van der Waals surface area (Å²) in [4.78, 5) is 12.5. The highest BCUT2D eigenvalue weighted by molar-refractivity contribution is 7.15. The molecule has 0 radical (unpaired) electrons. The van der Waals surface area contributed by atoms with E-state index in [2.05, 4.69) is 0 Å². The van der Waals surface area contributed by atoms with Gasteiger partial charge in [-0.15, -0.1) is 11.3 Å². The van der Waals surface area contributed by atoms with Crippen molar-refractivity contribution in [1.82, 2.24) is 0 Å². The smallest absolute Gasteiger partial charge is 0.308 e. The molecule has 2 rings (SSSR count). The van der Waals surface area contributed by atoms with E-state index in [1.165, 1.54) is 11.3 Å². The molecule has 3 nitrogen and oxygen atoms in total. The minimum absolute atomic E-state index is 0.0780. The van der Waals surface area contributed by atoms with Crippen molar-refractivity contribution in [2.24, 2.45) is 0 Å². The summed E-state index contributed by atoms with van der Waals surface area (Å²) in [6.45, 7) is 0. The normalized spacial score (nSPS) is 10.2. The lowest BCUT2D eigenvalue weighted by Crippen LogP contribution is -1.96. The van der Waals surface area contributed by atoms with Crippen LogP contribution in [0.25, 0.3) is 10.4 Å². The van der Waals surface area contributed by atoms with Crippen molar-refractivity contribution in [2.75, 3.05) is 7.11 Å². The zero-order valence-electron chi connectivity index (χ0n) is 9.34. The van der Waals surface area contributed by atoms with Gasteiger partial charge in [0.05, 0.1) is 13.5 Å². The largest absolute Gasteiger partial charge is 0.497 e. The first kappa shape index (κ1) is 11.7. The van der Waals surface area contributed by atoms with E-state index in [1.807, 2.05) is 36.4 Å². The first-order chi connectivity index (χ1) is 8.19. The Bertz CT molecular complexity index is 531. The number of methoxy groups -OCH3 is 1. The molecule has 0 saturated heterocycles. The van der Waals surface area contributed by atoms with Gasteiger partial charge >= 0.3 is 5.97 Å². The van der Waals surface area contributed by atoms with Gasteiger partial charge in [0, 0.05) is 9.75 Å². The first-order valence-corrected chi connectivity index (χ1v) is 5.95. The molecule has 1 aromatic heterocycles. The molecule has 0 saturated carbocycles. The van der Waals surface area contributed by atoms with E-state index in [0.29, 0.717) is 0 Å². The van der Waals surface area contributed by atoms with Crippen LogP contribution in [0.1, 0.15) is 4.88 Å². The van der Waals surface area contributed by atoms with Crippen molar-refractivity contribution >= 4 is 17.3 Å². The fraction of sp³-hybridized carbons (Fsp3) is 0.154. The van der Waals surface area contributed by atoms with Gasteiger partial charge in [0.2, 0.25) is 0 Å². The van der Waals surface area contributed by atoms with Gasteiger partial charge in [0.25, 0.3) is 0 Å². The summed E-state index contributed by atoms with van der Waals surface area (Å²) in [5, 5.41) is 8.72. The van der Waals surface area contributed by atoms with E-state index in [-0.39, 0.29) is 6.42 Å². The lowest BCUT2D eigenvalue weighted by molar-refractivity contribution is -0.136. The number of thiophene rings is 1. The molecule has 0 bridgehead atoms. The highest BCUT2D eigenvalue weighted by atomic mass is 32.1. The van der Waals surface area contributed by atoms with Gasteiger partial charge in [-0.05, 0) is 29.8 Å². The van der Waals surface area contributed by atoms with Crippen molar-refractivity contribution in [3.05, 3.63) is 41.3 Å². The van der Waals surface area contributed by atoms with E-state index < -0.39 is 5.97 Å². The molecule has 88 valence electrons. The maximum Gasteiger partial charge on any atom is 0.308 e. The van der Waals surface area contributed by atoms with E-state index in [0.717, 1.165) is 21.1 Å². The molecule has 0 aliphatic rings. The number of carboxylic acids is 1. The Morgan fingerprint density at radius 3 is 2.88 bits per heavy atom. The van der Waals surface area contributed by atoms with Crippen LogP contribution in [0.4, 0.5) is 0 Å². The molecule has 17 heavy (non-hydrogen) atoms. The Balaban J connectivity index is 2.26. The third kappa shape index (κ3) is 2.85. The van der Waals surface area contributed by atoms with Crippen LogP contribution in [-0.4, -0.2) is 18.2 Å². The molecule has 4 heteroatoms. The maximum atomic E-state index is 10.6. The van der Waals surface area contributed by atoms with Crippen LogP contribution in [0.2, 0.25) is 0 Å². The van der Waals surface area contributed by atoms with Crippen LogP contribution in [0.5, 0.6) is 5.75 Å². The Hall–Kier alpha value is -1.81. The van der Waals surface area contributed by atoms with Crippen molar-refractivity contribution < 1.29 is 14.6 Å². The van der Waals surface area contributed by atoms with E-state index in [4.69, 9.17) is 9.84 Å². The van der Waals surface area contributed by atoms with Gasteiger partial charge in [-0.3, -0.25) is 4.79 Å². The lowest BCUT2D eigenvalue weighted by atomic mass is 10.2. The lowest BCUT2D eigenvalue weighted by Gasteiger charge is -2.01. The Labute approximate surface area is 103 Å². The van der Waals surface area contributed by atoms with Crippen LogP contribution in [0.3, 0.4) is 0 Å². The predicted molar refractivity (Wildman–Crippen MR) is 67.6 cm³/mol. The Morgan fingerprint density at radius 2 is 2.18 bits per heavy atom. The monoisotopic (exact) mass is 248 g/mol. The van der Waals surface area contributed by atoms with E-state index >= 15 is 0 Å². The average Bonchev–Trinajstić information content (AvgIpc) is 2.77. The third-order valence-corrected chi connectivity index (χ3v) is 3.48. The molecule has 0 atom stereocenters. The second-order valence-electron chi connectivity index (χ2n) is 3.57. The number of aliphatic carboxylic acids is 1. The van der Waals surface area contributed by atoms with Gasteiger partial charge in [-0.2, -0.15) is 0 Å². The number of benzene rings is 1. The molecule has 0 spiro atoms. The van der Waals surface area contributed by atoms with Crippen LogP contribution in [-0.2, 0) is 11.2 Å². The fourth-order valence-electron chi connectivity index (χ4n) is 1.55. The zero-order chi connectivity index (χ0) is 12.3. The molecular formula is C13H12O3S. The predicted octanol–water partition coefficient (Wildman–Crippen LogP) is 3.05. The molecule has 0 unspecified atom stereocenters. The van der Waals surface area contributed by atoms with Crippen molar-refractivity contribution in [3.63, 3.8) is 0 Å². The Kier molecular flexibility index (Phi) is 3.44.